The van der Waals surface area contributed by atoms with Crippen molar-refractivity contribution in [3.05, 3.63) is 52.2 Å². The van der Waals surface area contributed by atoms with Gasteiger partial charge >= 0.3 is 0 Å². The number of carbonyl (C=O) groups is 1. The van der Waals surface area contributed by atoms with Gasteiger partial charge < -0.3 is 9.64 Å². The van der Waals surface area contributed by atoms with Gasteiger partial charge in [0.15, 0.2) is 15.9 Å². The second-order valence-electron chi connectivity index (χ2n) is 6.74. The fraction of sp³-hybridized carbons (Fsp3) is 0.421. The second kappa shape index (κ2) is 7.04. The number of fused-ring (bicyclic) bond motifs is 1. The quantitative estimate of drug-likeness (QED) is 0.790. The molecular formula is C19H21NO4S2. The Morgan fingerprint density at radius 3 is 2.77 bits per heavy atom. The largest absolute Gasteiger partial charge is 0.480 e. The Hall–Kier alpha value is -1.86. The molecule has 0 N–H and O–H groups in total. The number of amides is 1. The molecule has 0 radical (unpaired) electrons. The van der Waals surface area contributed by atoms with Crippen LogP contribution in [-0.4, -0.2) is 44.2 Å². The molecule has 1 aromatic heterocycles. The van der Waals surface area contributed by atoms with Gasteiger partial charge in [-0.3, -0.25) is 4.79 Å². The summed E-state index contributed by atoms with van der Waals surface area (Å²) in [5, 5.41) is 1.39. The van der Waals surface area contributed by atoms with Crippen LogP contribution in [0.2, 0.25) is 0 Å². The topological polar surface area (TPSA) is 63.7 Å². The highest BCUT2D eigenvalue weighted by Crippen LogP contribution is 2.33. The number of nitrogens with zero attached hydrogens (tertiary/aromatic N) is 1. The van der Waals surface area contributed by atoms with Gasteiger partial charge in [-0.15, -0.1) is 11.3 Å². The van der Waals surface area contributed by atoms with Crippen LogP contribution in [0.5, 0.6) is 5.75 Å². The second-order valence-corrected chi connectivity index (χ2v) is 10.0. The maximum absolute atomic E-state index is 12.9. The maximum Gasteiger partial charge on any atom is 0.263 e. The average Bonchev–Trinajstić information content (AvgIpc) is 3.12. The van der Waals surface area contributed by atoms with Gasteiger partial charge in [-0.1, -0.05) is 24.3 Å². The van der Waals surface area contributed by atoms with Crippen LogP contribution in [0.15, 0.2) is 41.8 Å². The molecule has 2 aromatic rings. The standard InChI is InChI=1S/C19H21NO4S2/c21-19(16-8-7-14-4-1-2-5-15(14)24-16)20-10-9-18(17-6-3-12-25-17)26(22,23)13-11-20/h1-6,12,16,18H,7-11,13H2/t16-,18+/m1/s1. The zero-order valence-corrected chi connectivity index (χ0v) is 16.0. The van der Waals surface area contributed by atoms with Crippen molar-refractivity contribution >= 4 is 27.1 Å². The summed E-state index contributed by atoms with van der Waals surface area (Å²) in [4.78, 5) is 15.5. The molecule has 26 heavy (non-hydrogen) atoms. The van der Waals surface area contributed by atoms with E-state index in [1.807, 2.05) is 41.8 Å². The normalized spacial score (nSPS) is 25.0. The monoisotopic (exact) mass is 391 g/mol. The van der Waals surface area contributed by atoms with Gasteiger partial charge in [0.25, 0.3) is 5.91 Å². The average molecular weight is 392 g/mol. The predicted molar refractivity (Wildman–Crippen MR) is 101 cm³/mol. The van der Waals surface area contributed by atoms with Crippen LogP contribution in [0, 0.1) is 0 Å². The Kier molecular flexibility index (Phi) is 4.75. The van der Waals surface area contributed by atoms with E-state index in [1.54, 1.807) is 4.90 Å². The van der Waals surface area contributed by atoms with E-state index in [9.17, 15) is 13.2 Å². The Labute approximate surface area is 157 Å². The van der Waals surface area contributed by atoms with Crippen molar-refractivity contribution in [2.75, 3.05) is 18.8 Å². The zero-order chi connectivity index (χ0) is 18.1. The summed E-state index contributed by atoms with van der Waals surface area (Å²) in [6, 6.07) is 11.5. The molecule has 0 unspecified atom stereocenters. The molecule has 3 heterocycles. The minimum absolute atomic E-state index is 0.00458. The minimum Gasteiger partial charge on any atom is -0.480 e. The molecule has 0 saturated carbocycles. The van der Waals surface area contributed by atoms with Crippen molar-refractivity contribution in [1.82, 2.24) is 4.90 Å². The van der Waals surface area contributed by atoms with Gasteiger partial charge in [0, 0.05) is 18.0 Å². The van der Waals surface area contributed by atoms with E-state index in [4.69, 9.17) is 4.74 Å². The Morgan fingerprint density at radius 2 is 1.96 bits per heavy atom. The Morgan fingerprint density at radius 1 is 1.12 bits per heavy atom. The molecule has 138 valence electrons. The number of hydrogen-bond donors (Lipinski definition) is 0. The van der Waals surface area contributed by atoms with Gasteiger partial charge in [0.1, 0.15) is 5.75 Å². The van der Waals surface area contributed by atoms with Crippen LogP contribution >= 0.6 is 11.3 Å². The molecule has 5 nitrogen and oxygen atoms in total. The predicted octanol–water partition coefficient (Wildman–Crippen LogP) is 2.83. The van der Waals surface area contributed by atoms with Gasteiger partial charge in [-0.2, -0.15) is 0 Å². The highest BCUT2D eigenvalue weighted by Gasteiger charge is 2.36. The van der Waals surface area contributed by atoms with Crippen LogP contribution in [0.3, 0.4) is 0 Å². The summed E-state index contributed by atoms with van der Waals surface area (Å²) in [7, 11) is -3.25. The summed E-state index contributed by atoms with van der Waals surface area (Å²) in [5.41, 5.74) is 1.12. The van der Waals surface area contributed by atoms with Gasteiger partial charge in [0.2, 0.25) is 0 Å². The lowest BCUT2D eigenvalue weighted by molar-refractivity contribution is -0.139. The van der Waals surface area contributed by atoms with Crippen molar-refractivity contribution in [2.45, 2.75) is 30.6 Å². The zero-order valence-electron chi connectivity index (χ0n) is 14.3. The van der Waals surface area contributed by atoms with E-state index in [1.165, 1.54) is 11.3 Å². The first-order chi connectivity index (χ1) is 12.5. The van der Waals surface area contributed by atoms with Crippen molar-refractivity contribution in [3.63, 3.8) is 0 Å². The molecule has 1 saturated heterocycles. The summed E-state index contributed by atoms with van der Waals surface area (Å²) in [5.74, 6) is 0.669. The molecule has 2 aliphatic rings. The summed E-state index contributed by atoms with van der Waals surface area (Å²) < 4.78 is 31.2. The fourth-order valence-electron chi connectivity index (χ4n) is 3.66. The number of carbonyl (C=O) groups excluding carboxylic acids is 1. The van der Waals surface area contributed by atoms with Crippen LogP contribution in [0.4, 0.5) is 0 Å². The summed E-state index contributed by atoms with van der Waals surface area (Å²) >= 11 is 1.46. The van der Waals surface area contributed by atoms with Crippen molar-refractivity contribution in [1.29, 1.82) is 0 Å². The number of thiophene rings is 1. The van der Waals surface area contributed by atoms with E-state index in [2.05, 4.69) is 0 Å². The van der Waals surface area contributed by atoms with Crippen LogP contribution in [-0.2, 0) is 21.1 Å². The van der Waals surface area contributed by atoms with Crippen LogP contribution in [0.1, 0.15) is 28.5 Å². The third kappa shape index (κ3) is 3.38. The van der Waals surface area contributed by atoms with Crippen molar-refractivity contribution < 1.29 is 17.9 Å². The number of sulfone groups is 1. The molecule has 2 aliphatic heterocycles. The smallest absolute Gasteiger partial charge is 0.263 e. The highest BCUT2D eigenvalue weighted by atomic mass is 32.2. The Balaban J connectivity index is 1.48. The molecule has 0 bridgehead atoms. The molecule has 7 heteroatoms. The lowest BCUT2D eigenvalue weighted by atomic mass is 10.0. The third-order valence-electron chi connectivity index (χ3n) is 5.11. The van der Waals surface area contributed by atoms with Crippen molar-refractivity contribution in [3.8, 4) is 5.75 Å². The van der Waals surface area contributed by atoms with Crippen LogP contribution < -0.4 is 4.74 Å². The molecule has 4 rings (SSSR count). The van der Waals surface area contributed by atoms with E-state index in [-0.39, 0.29) is 18.2 Å². The van der Waals surface area contributed by atoms with E-state index < -0.39 is 21.2 Å². The molecule has 2 atom stereocenters. The number of para-hydroxylation sites is 1. The SMILES string of the molecule is O=C([C@H]1CCc2ccccc2O1)N1CC[C@@H](c2cccs2)S(=O)(=O)CC1. The van der Waals surface area contributed by atoms with Gasteiger partial charge in [0.05, 0.1) is 11.0 Å². The molecule has 0 aliphatic carbocycles. The molecule has 1 fully saturated rings. The number of ether oxygens (including phenoxy) is 1. The number of hydrogen-bond acceptors (Lipinski definition) is 5. The first kappa shape index (κ1) is 17.5. The minimum atomic E-state index is -3.25. The number of benzene rings is 1. The number of rotatable bonds is 2. The summed E-state index contributed by atoms with van der Waals surface area (Å²) in [6.45, 7) is 0.687. The van der Waals surface area contributed by atoms with E-state index >= 15 is 0 Å². The number of aryl methyl sites for hydroxylation is 1. The summed E-state index contributed by atoms with van der Waals surface area (Å²) in [6.07, 6.45) is 1.35. The van der Waals surface area contributed by atoms with Crippen LogP contribution in [0.25, 0.3) is 0 Å². The van der Waals surface area contributed by atoms with Gasteiger partial charge in [-0.05, 0) is 42.3 Å². The first-order valence-corrected chi connectivity index (χ1v) is 11.4. The molecule has 0 spiro atoms. The van der Waals surface area contributed by atoms with E-state index in [0.29, 0.717) is 19.4 Å². The first-order valence-electron chi connectivity index (χ1n) is 8.83. The molecular weight excluding hydrogens is 370 g/mol. The van der Waals surface area contributed by atoms with Gasteiger partial charge in [-0.25, -0.2) is 8.42 Å². The lowest BCUT2D eigenvalue weighted by Gasteiger charge is -2.30. The molecule has 1 aromatic carbocycles. The highest BCUT2D eigenvalue weighted by molar-refractivity contribution is 7.91. The van der Waals surface area contributed by atoms with E-state index in [0.717, 1.165) is 22.6 Å². The Bertz CT molecular complexity index is 892. The molecule has 1 amide bonds. The maximum atomic E-state index is 12.9. The lowest BCUT2D eigenvalue weighted by Crippen LogP contribution is -2.44. The third-order valence-corrected chi connectivity index (χ3v) is 8.35. The fourth-order valence-corrected chi connectivity index (χ4v) is 6.66. The van der Waals surface area contributed by atoms with Crippen molar-refractivity contribution in [2.24, 2.45) is 0 Å².